The molecule has 1 aromatic rings. The zero-order chi connectivity index (χ0) is 8.27. The van der Waals surface area contributed by atoms with Crippen molar-refractivity contribution in [3.8, 4) is 6.07 Å². The van der Waals surface area contributed by atoms with Crippen molar-refractivity contribution < 1.29 is 0 Å². The van der Waals surface area contributed by atoms with Gasteiger partial charge in [0.1, 0.15) is 0 Å². The van der Waals surface area contributed by atoms with Crippen molar-refractivity contribution in [3.63, 3.8) is 0 Å². The van der Waals surface area contributed by atoms with Crippen molar-refractivity contribution in [2.45, 2.75) is 13.3 Å². The van der Waals surface area contributed by atoms with Crippen LogP contribution in [0, 0.1) is 18.3 Å². The number of hydrogen-bond donors (Lipinski definition) is 1. The van der Waals surface area contributed by atoms with Crippen molar-refractivity contribution in [1.82, 2.24) is 4.98 Å². The molecule has 0 aliphatic rings. The molecule has 1 aromatic heterocycles. The molecule has 1 rings (SSSR count). The zero-order valence-corrected chi connectivity index (χ0v) is 6.33. The van der Waals surface area contributed by atoms with Crippen LogP contribution in [0.4, 0.5) is 5.69 Å². The third-order valence-electron chi connectivity index (χ3n) is 1.46. The van der Waals surface area contributed by atoms with Gasteiger partial charge < -0.3 is 5.73 Å². The van der Waals surface area contributed by atoms with Crippen molar-refractivity contribution in [3.05, 3.63) is 23.5 Å². The summed E-state index contributed by atoms with van der Waals surface area (Å²) in [4.78, 5) is 4.03. The smallest absolute Gasteiger partial charge is 0.0775 e. The lowest BCUT2D eigenvalue weighted by Gasteiger charge is -1.99. The Balaban J connectivity index is 2.98. The number of pyridine rings is 1. The van der Waals surface area contributed by atoms with Gasteiger partial charge >= 0.3 is 0 Å². The van der Waals surface area contributed by atoms with Crippen LogP contribution < -0.4 is 5.73 Å². The molecule has 11 heavy (non-hydrogen) atoms. The van der Waals surface area contributed by atoms with Gasteiger partial charge in [0.2, 0.25) is 0 Å². The number of nitrogen functional groups attached to an aromatic ring is 1. The average Bonchev–Trinajstić information content (AvgIpc) is 1.98. The maximum absolute atomic E-state index is 8.35. The molecular weight excluding hydrogens is 138 g/mol. The number of nitriles is 1. The first kappa shape index (κ1) is 7.55. The summed E-state index contributed by atoms with van der Waals surface area (Å²) in [5, 5.41) is 8.35. The Kier molecular flexibility index (Phi) is 2.07. The molecule has 0 radical (unpaired) electrons. The zero-order valence-electron chi connectivity index (χ0n) is 6.33. The largest absolute Gasteiger partial charge is 0.398 e. The summed E-state index contributed by atoms with van der Waals surface area (Å²) in [6.07, 6.45) is 2.01. The molecule has 0 saturated carbocycles. The molecule has 0 bridgehead atoms. The van der Waals surface area contributed by atoms with E-state index in [0.29, 0.717) is 12.1 Å². The summed E-state index contributed by atoms with van der Waals surface area (Å²) in [6.45, 7) is 1.89. The third-order valence-corrected chi connectivity index (χ3v) is 1.46. The van der Waals surface area contributed by atoms with Crippen LogP contribution in [0.1, 0.15) is 11.3 Å². The predicted molar refractivity (Wildman–Crippen MR) is 42.7 cm³/mol. The fraction of sp³-hybridized carbons (Fsp3) is 0.250. The average molecular weight is 147 g/mol. The van der Waals surface area contributed by atoms with Gasteiger partial charge in [0.25, 0.3) is 0 Å². The second-order valence-electron chi connectivity index (χ2n) is 2.37. The lowest BCUT2D eigenvalue weighted by Crippen LogP contribution is -1.94. The third kappa shape index (κ3) is 1.68. The van der Waals surface area contributed by atoms with Gasteiger partial charge in [0, 0.05) is 11.9 Å². The van der Waals surface area contributed by atoms with Gasteiger partial charge in [-0.2, -0.15) is 5.26 Å². The number of hydrogen-bond acceptors (Lipinski definition) is 3. The van der Waals surface area contributed by atoms with Gasteiger partial charge in [0.15, 0.2) is 0 Å². The van der Waals surface area contributed by atoms with Crippen LogP contribution in [-0.4, -0.2) is 4.98 Å². The molecule has 0 aromatic carbocycles. The van der Waals surface area contributed by atoms with Crippen LogP contribution in [0.25, 0.3) is 0 Å². The van der Waals surface area contributed by atoms with Crippen LogP contribution in [-0.2, 0) is 6.42 Å². The Morgan fingerprint density at radius 3 is 3.00 bits per heavy atom. The first-order valence-electron chi connectivity index (χ1n) is 3.32. The van der Waals surface area contributed by atoms with E-state index in [-0.39, 0.29) is 0 Å². The Labute approximate surface area is 65.5 Å². The Hall–Kier alpha value is -1.56. The fourth-order valence-corrected chi connectivity index (χ4v) is 0.763. The van der Waals surface area contributed by atoms with Crippen molar-refractivity contribution in [2.75, 3.05) is 5.73 Å². The number of nitrogens with two attached hydrogens (primary N) is 1. The number of aryl methyl sites for hydroxylation is 1. The highest BCUT2D eigenvalue weighted by Crippen LogP contribution is 2.09. The summed E-state index contributed by atoms with van der Waals surface area (Å²) in [5.41, 5.74) is 7.98. The second kappa shape index (κ2) is 3.02. The maximum Gasteiger partial charge on any atom is 0.0775 e. The van der Waals surface area contributed by atoms with E-state index in [1.165, 1.54) is 0 Å². The second-order valence-corrected chi connectivity index (χ2v) is 2.37. The molecule has 3 nitrogen and oxygen atoms in total. The highest BCUT2D eigenvalue weighted by molar-refractivity contribution is 5.45. The summed E-state index contributed by atoms with van der Waals surface area (Å²) in [5.74, 6) is 0. The molecule has 56 valence electrons. The van der Waals surface area contributed by atoms with Crippen molar-refractivity contribution >= 4 is 5.69 Å². The van der Waals surface area contributed by atoms with Crippen molar-refractivity contribution in [1.29, 1.82) is 5.26 Å². The normalized spacial score (nSPS) is 9.09. The van der Waals surface area contributed by atoms with Crippen LogP contribution >= 0.6 is 0 Å². The van der Waals surface area contributed by atoms with Crippen LogP contribution in [0.3, 0.4) is 0 Å². The van der Waals surface area contributed by atoms with Gasteiger partial charge in [-0.3, -0.25) is 4.98 Å². The molecule has 0 unspecified atom stereocenters. The molecule has 0 atom stereocenters. The molecule has 0 saturated heterocycles. The molecule has 0 fully saturated rings. The van der Waals surface area contributed by atoms with Crippen LogP contribution in [0.15, 0.2) is 12.3 Å². The Morgan fingerprint density at radius 1 is 1.73 bits per heavy atom. The highest BCUT2D eigenvalue weighted by Gasteiger charge is 1.96. The first-order valence-corrected chi connectivity index (χ1v) is 3.32. The predicted octanol–water partition coefficient (Wildman–Crippen LogP) is 1.04. The minimum atomic E-state index is 0.324. The Morgan fingerprint density at radius 2 is 2.45 bits per heavy atom. The number of anilines is 1. The van der Waals surface area contributed by atoms with E-state index < -0.39 is 0 Å². The van der Waals surface area contributed by atoms with Crippen LogP contribution in [0.2, 0.25) is 0 Å². The fourth-order valence-electron chi connectivity index (χ4n) is 0.763. The molecule has 2 N–H and O–H groups in total. The molecule has 0 amide bonds. The topological polar surface area (TPSA) is 62.7 Å². The minimum Gasteiger partial charge on any atom is -0.398 e. The standard InChI is InChI=1S/C8H9N3/c1-6-5-11-7(2-3-9)4-8(6)10/h4-5H,2H2,1H3,(H2,10,11). The van der Waals surface area contributed by atoms with E-state index in [1.807, 2.05) is 13.0 Å². The quantitative estimate of drug-likeness (QED) is 0.645. The van der Waals surface area contributed by atoms with Gasteiger partial charge in [-0.05, 0) is 18.6 Å². The molecular formula is C8H9N3. The maximum atomic E-state index is 8.35. The molecule has 0 spiro atoms. The van der Waals surface area contributed by atoms with E-state index in [9.17, 15) is 0 Å². The number of aromatic nitrogens is 1. The van der Waals surface area contributed by atoms with Gasteiger partial charge in [0.05, 0.1) is 18.2 Å². The number of nitrogens with zero attached hydrogens (tertiary/aromatic N) is 2. The van der Waals surface area contributed by atoms with E-state index in [2.05, 4.69) is 4.98 Å². The van der Waals surface area contributed by atoms with E-state index >= 15 is 0 Å². The lowest BCUT2D eigenvalue weighted by molar-refractivity contribution is 1.10. The molecule has 3 heteroatoms. The Bertz CT molecular complexity index is 299. The van der Waals surface area contributed by atoms with Gasteiger partial charge in [-0.25, -0.2) is 0 Å². The van der Waals surface area contributed by atoms with E-state index in [0.717, 1.165) is 11.3 Å². The van der Waals surface area contributed by atoms with Gasteiger partial charge in [-0.1, -0.05) is 0 Å². The van der Waals surface area contributed by atoms with E-state index in [1.54, 1.807) is 12.3 Å². The monoisotopic (exact) mass is 147 g/mol. The summed E-state index contributed by atoms with van der Waals surface area (Å²) in [6, 6.07) is 3.75. The summed E-state index contributed by atoms with van der Waals surface area (Å²) < 4.78 is 0. The SMILES string of the molecule is Cc1cnc(CC#N)cc1N. The summed E-state index contributed by atoms with van der Waals surface area (Å²) >= 11 is 0. The van der Waals surface area contributed by atoms with Crippen LogP contribution in [0.5, 0.6) is 0 Å². The molecule has 1 heterocycles. The highest BCUT2D eigenvalue weighted by atomic mass is 14.7. The first-order chi connectivity index (χ1) is 5.24. The van der Waals surface area contributed by atoms with E-state index in [4.69, 9.17) is 11.0 Å². The number of rotatable bonds is 1. The molecule has 0 aliphatic heterocycles. The van der Waals surface area contributed by atoms with Crippen molar-refractivity contribution in [2.24, 2.45) is 0 Å². The van der Waals surface area contributed by atoms with Gasteiger partial charge in [-0.15, -0.1) is 0 Å². The molecule has 0 aliphatic carbocycles. The lowest BCUT2D eigenvalue weighted by atomic mass is 10.2. The minimum absolute atomic E-state index is 0.324. The summed E-state index contributed by atoms with van der Waals surface area (Å²) in [7, 11) is 0.